The van der Waals surface area contributed by atoms with Gasteiger partial charge in [0.2, 0.25) is 0 Å². The van der Waals surface area contributed by atoms with Crippen molar-refractivity contribution >= 4 is 0 Å². The summed E-state index contributed by atoms with van der Waals surface area (Å²) in [5.41, 5.74) is 2.40. The summed E-state index contributed by atoms with van der Waals surface area (Å²) in [5.74, 6) is 1.02. The van der Waals surface area contributed by atoms with E-state index in [0.29, 0.717) is 0 Å². The Balaban J connectivity index is 2.19. The second-order valence-electron chi connectivity index (χ2n) is 5.00. The van der Waals surface area contributed by atoms with Crippen LogP contribution in [0.5, 0.6) is 0 Å². The van der Waals surface area contributed by atoms with Crippen molar-refractivity contribution in [3.63, 3.8) is 0 Å². The van der Waals surface area contributed by atoms with E-state index in [1.54, 1.807) is 6.33 Å². The summed E-state index contributed by atoms with van der Waals surface area (Å²) in [6, 6.07) is 2.42. The number of hydrogen-bond donors (Lipinski definition) is 1. The van der Waals surface area contributed by atoms with Crippen LogP contribution in [-0.2, 0) is 13.0 Å². The van der Waals surface area contributed by atoms with Gasteiger partial charge in [-0.05, 0) is 37.9 Å². The molecule has 0 amide bonds. The van der Waals surface area contributed by atoms with Crippen molar-refractivity contribution in [3.05, 3.63) is 41.7 Å². The number of aryl methyl sites for hydroxylation is 2. The molecule has 0 bridgehead atoms. The minimum absolute atomic E-state index is 0.233. The van der Waals surface area contributed by atoms with E-state index in [9.17, 15) is 0 Å². The third kappa shape index (κ3) is 3.63. The Labute approximate surface area is 120 Å². The Hall–Kier alpha value is -1.75. The Morgan fingerprint density at radius 2 is 2.15 bits per heavy atom. The zero-order valence-electron chi connectivity index (χ0n) is 12.5. The molecule has 0 fully saturated rings. The van der Waals surface area contributed by atoms with E-state index in [-0.39, 0.29) is 6.04 Å². The van der Waals surface area contributed by atoms with Crippen LogP contribution in [0.2, 0.25) is 0 Å². The molecule has 1 N–H and O–H groups in total. The molecule has 0 radical (unpaired) electrons. The first kappa shape index (κ1) is 14.7. The number of pyridine rings is 1. The number of nitrogens with one attached hydrogen (secondary N) is 1. The summed E-state index contributed by atoms with van der Waals surface area (Å²) in [6.45, 7) is 8.16. The molecule has 2 aromatic rings. The van der Waals surface area contributed by atoms with Crippen LogP contribution in [0.25, 0.3) is 0 Å². The molecular weight excluding hydrogens is 250 g/mol. The highest BCUT2D eigenvalue weighted by Gasteiger charge is 2.15. The van der Waals surface area contributed by atoms with Crippen LogP contribution >= 0.6 is 0 Å². The van der Waals surface area contributed by atoms with Gasteiger partial charge in [-0.3, -0.25) is 9.67 Å². The van der Waals surface area contributed by atoms with Crippen LogP contribution in [0.15, 0.2) is 24.8 Å². The molecular formula is C15H23N5. The van der Waals surface area contributed by atoms with Gasteiger partial charge in [0.15, 0.2) is 0 Å². The van der Waals surface area contributed by atoms with Crippen molar-refractivity contribution < 1.29 is 0 Å². The summed E-state index contributed by atoms with van der Waals surface area (Å²) >= 11 is 0. The average Bonchev–Trinajstić information content (AvgIpc) is 2.90. The first-order valence-corrected chi connectivity index (χ1v) is 7.26. The van der Waals surface area contributed by atoms with Gasteiger partial charge in [-0.15, -0.1) is 0 Å². The molecule has 1 atom stereocenters. The highest BCUT2D eigenvalue weighted by Crippen LogP contribution is 2.17. The number of rotatable bonds is 7. The molecule has 5 nitrogen and oxygen atoms in total. The molecule has 0 aliphatic rings. The second-order valence-corrected chi connectivity index (χ2v) is 5.00. The highest BCUT2D eigenvalue weighted by atomic mass is 15.3. The van der Waals surface area contributed by atoms with Crippen molar-refractivity contribution in [1.29, 1.82) is 0 Å². The smallest absolute Gasteiger partial charge is 0.138 e. The van der Waals surface area contributed by atoms with Gasteiger partial charge in [-0.25, -0.2) is 4.98 Å². The van der Waals surface area contributed by atoms with E-state index in [1.807, 2.05) is 17.1 Å². The predicted octanol–water partition coefficient (Wildman–Crippen LogP) is 2.28. The Kier molecular flexibility index (Phi) is 5.24. The van der Waals surface area contributed by atoms with Gasteiger partial charge in [0.1, 0.15) is 12.2 Å². The number of nitrogens with zero attached hydrogens (tertiary/aromatic N) is 4. The number of hydrogen-bond acceptors (Lipinski definition) is 4. The van der Waals surface area contributed by atoms with Crippen molar-refractivity contribution in [2.45, 2.75) is 46.2 Å². The molecule has 20 heavy (non-hydrogen) atoms. The van der Waals surface area contributed by atoms with Crippen LogP contribution in [0.3, 0.4) is 0 Å². The van der Waals surface area contributed by atoms with E-state index >= 15 is 0 Å². The SMILES string of the molecule is CCCNC(Cc1ncnn1CC)c1cncc(C)c1. The maximum Gasteiger partial charge on any atom is 0.138 e. The first-order chi connectivity index (χ1) is 9.74. The Morgan fingerprint density at radius 1 is 1.30 bits per heavy atom. The molecule has 0 aromatic carbocycles. The quantitative estimate of drug-likeness (QED) is 0.841. The summed E-state index contributed by atoms with van der Waals surface area (Å²) in [7, 11) is 0. The maximum absolute atomic E-state index is 4.37. The second kappa shape index (κ2) is 7.14. The lowest BCUT2D eigenvalue weighted by atomic mass is 10.0. The van der Waals surface area contributed by atoms with E-state index in [4.69, 9.17) is 0 Å². The predicted molar refractivity (Wildman–Crippen MR) is 79.4 cm³/mol. The zero-order chi connectivity index (χ0) is 14.4. The fourth-order valence-electron chi connectivity index (χ4n) is 2.29. The maximum atomic E-state index is 4.37. The molecule has 0 saturated heterocycles. The van der Waals surface area contributed by atoms with Gasteiger partial charge in [0.25, 0.3) is 0 Å². The van der Waals surface area contributed by atoms with Crippen LogP contribution < -0.4 is 5.32 Å². The largest absolute Gasteiger partial charge is 0.310 e. The number of aromatic nitrogens is 4. The first-order valence-electron chi connectivity index (χ1n) is 7.26. The molecule has 0 spiro atoms. The molecule has 1 unspecified atom stereocenters. The third-order valence-corrected chi connectivity index (χ3v) is 3.32. The molecule has 108 valence electrons. The summed E-state index contributed by atoms with van der Waals surface area (Å²) in [5, 5.41) is 7.82. The summed E-state index contributed by atoms with van der Waals surface area (Å²) < 4.78 is 1.95. The van der Waals surface area contributed by atoms with E-state index in [0.717, 1.165) is 31.8 Å². The average molecular weight is 273 g/mol. The van der Waals surface area contributed by atoms with Crippen molar-refractivity contribution in [3.8, 4) is 0 Å². The summed E-state index contributed by atoms with van der Waals surface area (Å²) in [6.07, 6.45) is 7.39. The lowest BCUT2D eigenvalue weighted by Gasteiger charge is -2.19. The van der Waals surface area contributed by atoms with Gasteiger partial charge in [-0.1, -0.05) is 13.0 Å². The van der Waals surface area contributed by atoms with Crippen molar-refractivity contribution in [2.24, 2.45) is 0 Å². The molecule has 2 aromatic heterocycles. The summed E-state index contributed by atoms with van der Waals surface area (Å²) in [4.78, 5) is 8.68. The van der Waals surface area contributed by atoms with E-state index < -0.39 is 0 Å². The minimum atomic E-state index is 0.233. The lowest BCUT2D eigenvalue weighted by Crippen LogP contribution is -2.25. The standard InChI is InChI=1S/C15H23N5/c1-4-6-17-14(13-7-12(3)9-16-10-13)8-15-18-11-19-20(15)5-2/h7,9-11,14,17H,4-6,8H2,1-3H3. The Bertz CT molecular complexity index is 535. The fourth-order valence-corrected chi connectivity index (χ4v) is 2.29. The molecule has 0 aliphatic heterocycles. The third-order valence-electron chi connectivity index (χ3n) is 3.32. The van der Waals surface area contributed by atoms with E-state index in [2.05, 4.69) is 47.2 Å². The molecule has 0 aliphatic carbocycles. The molecule has 5 heteroatoms. The fraction of sp³-hybridized carbons (Fsp3) is 0.533. The minimum Gasteiger partial charge on any atom is -0.310 e. The van der Waals surface area contributed by atoms with Crippen LogP contribution in [0.1, 0.15) is 43.3 Å². The molecule has 2 heterocycles. The van der Waals surface area contributed by atoms with E-state index in [1.165, 1.54) is 11.1 Å². The lowest BCUT2D eigenvalue weighted by molar-refractivity contribution is 0.495. The van der Waals surface area contributed by atoms with Crippen molar-refractivity contribution in [1.82, 2.24) is 25.1 Å². The van der Waals surface area contributed by atoms with Gasteiger partial charge in [0, 0.05) is 31.4 Å². The normalized spacial score (nSPS) is 12.6. The van der Waals surface area contributed by atoms with Gasteiger partial charge in [-0.2, -0.15) is 5.10 Å². The highest BCUT2D eigenvalue weighted by molar-refractivity contribution is 5.21. The zero-order valence-corrected chi connectivity index (χ0v) is 12.5. The van der Waals surface area contributed by atoms with Crippen molar-refractivity contribution in [2.75, 3.05) is 6.54 Å². The van der Waals surface area contributed by atoms with Crippen LogP contribution in [0.4, 0.5) is 0 Å². The molecule has 0 saturated carbocycles. The monoisotopic (exact) mass is 273 g/mol. The topological polar surface area (TPSA) is 55.6 Å². The van der Waals surface area contributed by atoms with Gasteiger partial charge in [0.05, 0.1) is 0 Å². The van der Waals surface area contributed by atoms with Gasteiger partial charge < -0.3 is 5.32 Å². The Morgan fingerprint density at radius 3 is 2.85 bits per heavy atom. The van der Waals surface area contributed by atoms with Crippen LogP contribution in [-0.4, -0.2) is 26.3 Å². The van der Waals surface area contributed by atoms with Gasteiger partial charge >= 0.3 is 0 Å². The molecule has 2 rings (SSSR count). The van der Waals surface area contributed by atoms with Crippen LogP contribution in [0, 0.1) is 6.92 Å².